The number of nitrogens with two attached hydrogens (primary N) is 1. The summed E-state index contributed by atoms with van der Waals surface area (Å²) in [4.78, 5) is 62.2. The van der Waals surface area contributed by atoms with Gasteiger partial charge in [0.15, 0.2) is 0 Å². The van der Waals surface area contributed by atoms with E-state index in [2.05, 4.69) is 15.6 Å². The summed E-state index contributed by atoms with van der Waals surface area (Å²) in [6.45, 7) is 11.5. The minimum absolute atomic E-state index is 0.0173. The second-order valence-corrected chi connectivity index (χ2v) is 16.9. The molecule has 23 nitrogen and oxygen atoms in total. The van der Waals surface area contributed by atoms with Crippen LogP contribution in [-0.4, -0.2) is 222 Å². The molecule has 2 aliphatic heterocycles. The third kappa shape index (κ3) is 28.4. The van der Waals surface area contributed by atoms with Gasteiger partial charge in [-0.3, -0.25) is 19.2 Å². The van der Waals surface area contributed by atoms with Gasteiger partial charge in [-0.1, -0.05) is 31.2 Å². The monoisotopic (exact) mass is 1060 g/mol. The zero-order valence-electron chi connectivity index (χ0n) is 43.6. The topological polar surface area (TPSA) is 268 Å². The first kappa shape index (κ1) is 62.2. The average molecular weight is 1060 g/mol. The number of hydroxylamine groups is 2. The summed E-state index contributed by atoms with van der Waals surface area (Å²) in [6, 6.07) is 15.4. The third-order valence-corrected chi connectivity index (χ3v) is 10.9. The highest BCUT2D eigenvalue weighted by Crippen LogP contribution is 2.29. The van der Waals surface area contributed by atoms with Crippen molar-refractivity contribution in [2.24, 2.45) is 10.7 Å². The van der Waals surface area contributed by atoms with Crippen LogP contribution >= 0.6 is 0 Å². The van der Waals surface area contributed by atoms with Crippen LogP contribution in [0.5, 0.6) is 0 Å². The Balaban J connectivity index is 0.920. The lowest BCUT2D eigenvalue weighted by Crippen LogP contribution is -2.45. The van der Waals surface area contributed by atoms with Crippen molar-refractivity contribution in [2.45, 2.75) is 45.1 Å². The number of alkyl carbamates (subject to hydrolysis) is 1. The Morgan fingerprint density at radius 2 is 1.21 bits per heavy atom. The maximum atomic E-state index is 13.7. The Bertz CT molecular complexity index is 1960. The van der Waals surface area contributed by atoms with Crippen molar-refractivity contribution in [3.05, 3.63) is 65.2 Å². The van der Waals surface area contributed by atoms with Crippen molar-refractivity contribution in [3.8, 4) is 0 Å². The Labute approximate surface area is 440 Å². The highest BCUT2D eigenvalue weighted by Gasteiger charge is 2.27. The SMILES string of the molecule is CCCN(OCCNC(=O)OCCOCCOCCOCCOCCOCCOCCOCCOCCOCCOCCC(=O)O)C(=O)C1=Cc2ccc(C(=O)N3CCC[C@H](Nc4ccccc4)C3)cc2N=C(N)C1. The van der Waals surface area contributed by atoms with Crippen molar-refractivity contribution in [2.75, 3.05) is 177 Å². The van der Waals surface area contributed by atoms with E-state index in [9.17, 15) is 19.2 Å². The van der Waals surface area contributed by atoms with Gasteiger partial charge >= 0.3 is 12.1 Å². The fourth-order valence-corrected chi connectivity index (χ4v) is 7.28. The molecule has 0 aromatic heterocycles. The molecule has 0 unspecified atom stereocenters. The van der Waals surface area contributed by atoms with E-state index >= 15 is 0 Å². The first-order valence-corrected chi connectivity index (χ1v) is 25.9. The number of carbonyl (C=O) groups is 4. The van der Waals surface area contributed by atoms with Crippen LogP contribution in [0.2, 0.25) is 0 Å². The highest BCUT2D eigenvalue weighted by molar-refractivity contribution is 6.05. The molecule has 3 amide bonds. The van der Waals surface area contributed by atoms with Gasteiger partial charge in [0.2, 0.25) is 0 Å². The van der Waals surface area contributed by atoms with Crippen molar-refractivity contribution in [1.82, 2.24) is 15.3 Å². The number of fused-ring (bicyclic) bond motifs is 1. The fourth-order valence-electron chi connectivity index (χ4n) is 7.28. The van der Waals surface area contributed by atoms with Gasteiger partial charge in [-0.05, 0) is 49.6 Å². The molecular formula is C52H80N6O17. The lowest BCUT2D eigenvalue weighted by Gasteiger charge is -2.34. The number of carbonyl (C=O) groups excluding carboxylic acids is 3. The minimum atomic E-state index is -0.886. The molecular weight excluding hydrogens is 981 g/mol. The first-order chi connectivity index (χ1) is 36.7. The van der Waals surface area contributed by atoms with Crippen LogP contribution < -0.4 is 16.4 Å². The first-order valence-electron chi connectivity index (χ1n) is 25.9. The smallest absolute Gasteiger partial charge is 0.407 e. The fraction of sp³-hybridized carbons (Fsp3) is 0.635. The average Bonchev–Trinajstić information content (AvgIpc) is 3.58. The molecule has 1 atom stereocenters. The standard InChI is InChI=1S/C52H80N6O17/c1-2-14-58(51(62)44-38-42-10-11-43(39-47(42)56-48(53)40-44)50(61)57-15-6-9-46(41-57)55-45-7-4-3-5-8-45)75-17-13-54-52(63)74-37-36-73-35-34-72-33-32-71-31-30-70-29-28-69-27-26-68-25-24-67-23-22-66-21-20-65-19-18-64-16-12-49(59)60/h3-5,7-8,10-11,38-39,46,55H,2,6,9,12-37,40-41H2,1H3,(H2,53,56)(H,54,63)(H,59,60)/t46-/m0/s1. The summed E-state index contributed by atoms with van der Waals surface area (Å²) in [5, 5.41) is 15.9. The van der Waals surface area contributed by atoms with Gasteiger partial charge in [0.1, 0.15) is 12.4 Å². The van der Waals surface area contributed by atoms with E-state index in [1.807, 2.05) is 42.2 Å². The second-order valence-electron chi connectivity index (χ2n) is 16.9. The van der Waals surface area contributed by atoms with E-state index in [-0.39, 0.29) is 69.5 Å². The van der Waals surface area contributed by atoms with E-state index in [0.717, 1.165) is 18.5 Å². The van der Waals surface area contributed by atoms with Gasteiger partial charge in [-0.25, -0.2) is 14.9 Å². The molecule has 0 spiro atoms. The molecule has 0 aliphatic carbocycles. The van der Waals surface area contributed by atoms with Crippen LogP contribution in [0.25, 0.3) is 6.08 Å². The van der Waals surface area contributed by atoms with Crippen molar-refractivity contribution >= 4 is 47.2 Å². The van der Waals surface area contributed by atoms with Crippen molar-refractivity contribution in [3.63, 3.8) is 0 Å². The summed E-state index contributed by atoms with van der Waals surface area (Å²) in [5.41, 5.74) is 9.40. The number of benzene rings is 2. The molecule has 23 heteroatoms. The lowest BCUT2D eigenvalue weighted by molar-refractivity contribution is -0.181. The molecule has 420 valence electrons. The molecule has 2 aliphatic rings. The quantitative estimate of drug-likeness (QED) is 0.0545. The summed E-state index contributed by atoms with van der Waals surface area (Å²) < 4.78 is 59.4. The zero-order valence-corrected chi connectivity index (χ0v) is 43.6. The van der Waals surface area contributed by atoms with Crippen LogP contribution in [-0.2, 0) is 66.5 Å². The van der Waals surface area contributed by atoms with Crippen molar-refractivity contribution in [1.29, 1.82) is 0 Å². The predicted octanol–water partition coefficient (Wildman–Crippen LogP) is 3.72. The Morgan fingerprint density at radius 1 is 0.693 bits per heavy atom. The van der Waals surface area contributed by atoms with Gasteiger partial charge in [0.25, 0.3) is 11.8 Å². The Kier molecular flexibility index (Phi) is 33.2. The van der Waals surface area contributed by atoms with Crippen LogP contribution in [0.3, 0.4) is 0 Å². The van der Waals surface area contributed by atoms with Gasteiger partial charge in [-0.15, -0.1) is 0 Å². The Hall–Kier alpha value is -5.31. The number of carboxylic acids is 1. The Morgan fingerprint density at radius 3 is 1.73 bits per heavy atom. The summed E-state index contributed by atoms with van der Waals surface area (Å²) in [5.74, 6) is -1.10. The second kappa shape index (κ2) is 40.0. The number of rotatable bonds is 43. The van der Waals surface area contributed by atoms with Crippen LogP contribution in [0.15, 0.2) is 59.1 Å². The maximum Gasteiger partial charge on any atom is 0.407 e. The maximum absolute atomic E-state index is 13.7. The number of aliphatic imine (C=N–C) groups is 1. The van der Waals surface area contributed by atoms with E-state index in [1.165, 1.54) is 5.06 Å². The third-order valence-electron chi connectivity index (χ3n) is 10.9. The van der Waals surface area contributed by atoms with Crippen LogP contribution in [0.1, 0.15) is 54.9 Å². The molecule has 1 fully saturated rings. The zero-order chi connectivity index (χ0) is 53.4. The number of ether oxygens (including phenoxy) is 11. The number of para-hydroxylation sites is 1. The van der Waals surface area contributed by atoms with Gasteiger partial charge in [0.05, 0.1) is 151 Å². The number of nitrogens with one attached hydrogen (secondary N) is 2. The van der Waals surface area contributed by atoms with E-state index < -0.39 is 12.1 Å². The van der Waals surface area contributed by atoms with Gasteiger partial charge in [-0.2, -0.15) is 0 Å². The number of nitrogens with zero attached hydrogens (tertiary/aromatic N) is 3. The van der Waals surface area contributed by atoms with E-state index in [1.54, 1.807) is 24.3 Å². The number of carboxylic acid groups (broad SMARTS) is 1. The van der Waals surface area contributed by atoms with Crippen molar-refractivity contribution < 1.29 is 81.2 Å². The summed E-state index contributed by atoms with van der Waals surface area (Å²) >= 11 is 0. The number of piperidine rings is 1. The lowest BCUT2D eigenvalue weighted by atomic mass is 10.0. The van der Waals surface area contributed by atoms with Crippen LogP contribution in [0, 0.1) is 0 Å². The number of likely N-dealkylation sites (tertiary alicyclic amines) is 1. The molecule has 0 bridgehead atoms. The summed E-state index contributed by atoms with van der Waals surface area (Å²) in [7, 11) is 0. The van der Waals surface area contributed by atoms with Gasteiger partial charge in [0, 0.05) is 61.0 Å². The normalized spacial score (nSPS) is 14.4. The number of aliphatic carboxylic acids is 1. The van der Waals surface area contributed by atoms with Gasteiger partial charge < -0.3 is 78.5 Å². The number of amides is 3. The highest BCUT2D eigenvalue weighted by atomic mass is 16.7. The number of hydrogen-bond donors (Lipinski definition) is 4. The number of hydrogen-bond acceptors (Lipinski definition) is 19. The molecule has 75 heavy (non-hydrogen) atoms. The molecule has 1 saturated heterocycles. The minimum Gasteiger partial charge on any atom is -0.481 e. The van der Waals surface area contributed by atoms with E-state index in [4.69, 9.17) is 67.8 Å². The number of amidine groups is 1. The molecule has 0 saturated carbocycles. The molecule has 0 radical (unpaired) electrons. The summed E-state index contributed by atoms with van der Waals surface area (Å²) in [6.07, 6.45) is 3.66. The molecule has 5 N–H and O–H groups in total. The van der Waals surface area contributed by atoms with E-state index in [0.29, 0.717) is 167 Å². The van der Waals surface area contributed by atoms with Crippen LogP contribution in [0.4, 0.5) is 16.2 Å². The molecule has 2 aromatic carbocycles. The number of anilines is 1. The molecule has 2 aromatic rings. The molecule has 4 rings (SSSR count). The molecule has 2 heterocycles. The predicted molar refractivity (Wildman–Crippen MR) is 277 cm³/mol. The largest absolute Gasteiger partial charge is 0.481 e.